The number of halogens is 4. The van der Waals surface area contributed by atoms with E-state index in [-0.39, 0.29) is 3.92 Å². The maximum Gasteiger partial charge on any atom is 0.434 e. The first-order valence-electron chi connectivity index (χ1n) is 3.08. The second-order valence-corrected chi connectivity index (χ2v) is 4.94. The normalized spacial score (nSPS) is 14.8. The van der Waals surface area contributed by atoms with Gasteiger partial charge in [-0.2, -0.15) is 13.2 Å². The summed E-state index contributed by atoms with van der Waals surface area (Å²) in [7, 11) is 0. The third-order valence-electron chi connectivity index (χ3n) is 1.15. The molecule has 0 spiro atoms. The lowest BCUT2D eigenvalue weighted by Crippen LogP contribution is -2.05. The van der Waals surface area contributed by atoms with Gasteiger partial charge in [-0.3, -0.25) is 0 Å². The van der Waals surface area contributed by atoms with Gasteiger partial charge in [0.15, 0.2) is 5.69 Å². The standard InChI is InChI=1S/C6H5F3INS/c1-3(10)5-11-4(2-12-5)6(7,8)9/h2-3H,1H3. The fourth-order valence-electron chi connectivity index (χ4n) is 0.601. The zero-order chi connectivity index (χ0) is 9.35. The van der Waals surface area contributed by atoms with Crippen molar-refractivity contribution in [2.75, 3.05) is 0 Å². The monoisotopic (exact) mass is 307 g/mol. The summed E-state index contributed by atoms with van der Waals surface area (Å²) in [6, 6.07) is 0. The van der Waals surface area contributed by atoms with Gasteiger partial charge in [0, 0.05) is 5.38 Å². The predicted octanol–water partition coefficient (Wildman–Crippen LogP) is 3.66. The van der Waals surface area contributed by atoms with E-state index in [0.29, 0.717) is 5.01 Å². The average Bonchev–Trinajstić information content (AvgIpc) is 2.30. The third kappa shape index (κ3) is 2.32. The molecule has 0 aliphatic rings. The fourth-order valence-corrected chi connectivity index (χ4v) is 1.94. The van der Waals surface area contributed by atoms with E-state index in [1.165, 1.54) is 0 Å². The molecule has 0 radical (unpaired) electrons. The highest BCUT2D eigenvalue weighted by molar-refractivity contribution is 14.1. The van der Waals surface area contributed by atoms with Gasteiger partial charge in [-0.1, -0.05) is 22.6 Å². The summed E-state index contributed by atoms with van der Waals surface area (Å²) >= 11 is 3.08. The molecule has 0 bridgehead atoms. The molecule has 1 unspecified atom stereocenters. The average molecular weight is 307 g/mol. The Morgan fingerprint density at radius 1 is 1.58 bits per heavy atom. The Kier molecular flexibility index (Phi) is 2.97. The van der Waals surface area contributed by atoms with E-state index in [0.717, 1.165) is 16.7 Å². The van der Waals surface area contributed by atoms with Crippen LogP contribution in [0.25, 0.3) is 0 Å². The largest absolute Gasteiger partial charge is 0.434 e. The summed E-state index contributed by atoms with van der Waals surface area (Å²) in [6.07, 6.45) is -4.31. The minimum atomic E-state index is -4.31. The minimum absolute atomic E-state index is 0.0312. The summed E-state index contributed by atoms with van der Waals surface area (Å²) in [5.74, 6) is 0. The lowest BCUT2D eigenvalue weighted by atomic mass is 10.4. The molecule has 0 saturated heterocycles. The molecule has 1 aromatic rings. The van der Waals surface area contributed by atoms with Crippen LogP contribution in [-0.2, 0) is 6.18 Å². The number of aromatic nitrogens is 1. The lowest BCUT2D eigenvalue weighted by Gasteiger charge is -2.00. The number of nitrogens with zero attached hydrogens (tertiary/aromatic N) is 1. The Morgan fingerprint density at radius 3 is 2.42 bits per heavy atom. The molecule has 1 atom stereocenters. The van der Waals surface area contributed by atoms with Gasteiger partial charge in [-0.05, 0) is 6.92 Å². The van der Waals surface area contributed by atoms with E-state index in [4.69, 9.17) is 0 Å². The van der Waals surface area contributed by atoms with E-state index in [2.05, 4.69) is 4.98 Å². The molecule has 6 heteroatoms. The highest BCUT2D eigenvalue weighted by atomic mass is 127. The van der Waals surface area contributed by atoms with Crippen molar-refractivity contribution in [3.63, 3.8) is 0 Å². The van der Waals surface area contributed by atoms with Gasteiger partial charge in [-0.15, -0.1) is 11.3 Å². The van der Waals surface area contributed by atoms with Crippen LogP contribution in [0, 0.1) is 0 Å². The molecular weight excluding hydrogens is 302 g/mol. The molecule has 1 rings (SSSR count). The second-order valence-electron chi connectivity index (χ2n) is 2.18. The molecular formula is C6H5F3INS. The number of hydrogen-bond acceptors (Lipinski definition) is 2. The lowest BCUT2D eigenvalue weighted by molar-refractivity contribution is -0.140. The van der Waals surface area contributed by atoms with Crippen LogP contribution in [0.15, 0.2) is 5.38 Å². The van der Waals surface area contributed by atoms with Crippen molar-refractivity contribution in [2.24, 2.45) is 0 Å². The maximum atomic E-state index is 12.0. The third-order valence-corrected chi connectivity index (χ3v) is 3.19. The van der Waals surface area contributed by atoms with E-state index in [1.54, 1.807) is 6.92 Å². The van der Waals surface area contributed by atoms with Crippen molar-refractivity contribution in [1.82, 2.24) is 4.98 Å². The van der Waals surface area contributed by atoms with Gasteiger partial charge in [0.1, 0.15) is 5.01 Å². The zero-order valence-electron chi connectivity index (χ0n) is 6.02. The Balaban J connectivity index is 2.92. The second kappa shape index (κ2) is 3.49. The Hall–Kier alpha value is 0.150. The van der Waals surface area contributed by atoms with E-state index < -0.39 is 11.9 Å². The summed E-state index contributed by atoms with van der Waals surface area (Å²) < 4.78 is 36.1. The quantitative estimate of drug-likeness (QED) is 0.570. The molecule has 0 fully saturated rings. The van der Waals surface area contributed by atoms with Crippen molar-refractivity contribution >= 4 is 33.9 Å². The first kappa shape index (κ1) is 10.2. The minimum Gasteiger partial charge on any atom is -0.236 e. The molecule has 1 heterocycles. The number of thiazole rings is 1. The van der Waals surface area contributed by atoms with Gasteiger partial charge in [-0.25, -0.2) is 4.98 Å². The summed E-state index contributed by atoms with van der Waals surface area (Å²) in [5, 5.41) is 1.56. The van der Waals surface area contributed by atoms with E-state index in [1.807, 2.05) is 22.6 Å². The van der Waals surface area contributed by atoms with Crippen LogP contribution in [0.5, 0.6) is 0 Å². The molecule has 12 heavy (non-hydrogen) atoms. The molecule has 1 aromatic heterocycles. The van der Waals surface area contributed by atoms with Crippen LogP contribution < -0.4 is 0 Å². The molecule has 0 N–H and O–H groups in total. The predicted molar refractivity (Wildman–Crippen MR) is 49.6 cm³/mol. The van der Waals surface area contributed by atoms with E-state index >= 15 is 0 Å². The SMILES string of the molecule is CC(I)c1nc(C(F)(F)F)cs1. The van der Waals surface area contributed by atoms with Crippen LogP contribution in [0.3, 0.4) is 0 Å². The van der Waals surface area contributed by atoms with Crippen LogP contribution in [0.2, 0.25) is 0 Å². The van der Waals surface area contributed by atoms with Gasteiger partial charge in [0.05, 0.1) is 3.92 Å². The number of hydrogen-bond donors (Lipinski definition) is 0. The van der Waals surface area contributed by atoms with E-state index in [9.17, 15) is 13.2 Å². The van der Waals surface area contributed by atoms with Crippen LogP contribution >= 0.6 is 33.9 Å². The van der Waals surface area contributed by atoms with Gasteiger partial charge < -0.3 is 0 Å². The highest BCUT2D eigenvalue weighted by Crippen LogP contribution is 2.33. The van der Waals surface area contributed by atoms with Gasteiger partial charge in [0.2, 0.25) is 0 Å². The van der Waals surface area contributed by atoms with Gasteiger partial charge in [0.25, 0.3) is 0 Å². The zero-order valence-corrected chi connectivity index (χ0v) is 9.00. The molecule has 1 nitrogen and oxygen atoms in total. The molecule has 0 aliphatic heterocycles. The van der Waals surface area contributed by atoms with Crippen molar-refractivity contribution in [3.8, 4) is 0 Å². The molecule has 68 valence electrons. The van der Waals surface area contributed by atoms with Gasteiger partial charge >= 0.3 is 6.18 Å². The van der Waals surface area contributed by atoms with Crippen LogP contribution in [0.4, 0.5) is 13.2 Å². The Labute approximate surface area is 85.1 Å². The summed E-state index contributed by atoms with van der Waals surface area (Å²) in [4.78, 5) is 3.47. The fraction of sp³-hybridized carbons (Fsp3) is 0.500. The Morgan fingerprint density at radius 2 is 2.17 bits per heavy atom. The summed E-state index contributed by atoms with van der Waals surface area (Å²) in [6.45, 7) is 1.81. The smallest absolute Gasteiger partial charge is 0.236 e. The van der Waals surface area contributed by atoms with Crippen LogP contribution in [-0.4, -0.2) is 4.98 Å². The molecule has 0 amide bonds. The summed E-state index contributed by atoms with van der Waals surface area (Å²) in [5.41, 5.74) is -0.786. The molecule has 0 aromatic carbocycles. The highest BCUT2D eigenvalue weighted by Gasteiger charge is 2.33. The topological polar surface area (TPSA) is 12.9 Å². The molecule has 0 aliphatic carbocycles. The van der Waals surface area contributed by atoms with Crippen molar-refractivity contribution in [1.29, 1.82) is 0 Å². The number of alkyl halides is 4. The number of rotatable bonds is 1. The molecule has 0 saturated carbocycles. The Bertz CT molecular complexity index is 268. The maximum absolute atomic E-state index is 12.0. The van der Waals surface area contributed by atoms with Crippen molar-refractivity contribution < 1.29 is 13.2 Å². The van der Waals surface area contributed by atoms with Crippen molar-refractivity contribution in [2.45, 2.75) is 17.0 Å². The first-order chi connectivity index (χ1) is 5.41. The van der Waals surface area contributed by atoms with Crippen molar-refractivity contribution in [3.05, 3.63) is 16.1 Å². The van der Waals surface area contributed by atoms with Crippen LogP contribution in [0.1, 0.15) is 21.5 Å². The first-order valence-corrected chi connectivity index (χ1v) is 5.20.